The van der Waals surface area contributed by atoms with Crippen LogP contribution in [0.15, 0.2) is 48.8 Å². The van der Waals surface area contributed by atoms with Gasteiger partial charge in [-0.1, -0.05) is 54.8 Å². The van der Waals surface area contributed by atoms with Gasteiger partial charge in [0.15, 0.2) is 0 Å². The molecular weight excluding hydrogens is 646 g/mol. The number of benzene rings is 1. The monoisotopic (exact) mass is 703 g/mol. The highest BCUT2D eigenvalue weighted by atomic mass is 16.5. The van der Waals surface area contributed by atoms with Crippen molar-refractivity contribution in [2.45, 2.75) is 102 Å². The van der Waals surface area contributed by atoms with E-state index in [0.29, 0.717) is 31.5 Å². The van der Waals surface area contributed by atoms with Gasteiger partial charge in [0.2, 0.25) is 11.9 Å². The summed E-state index contributed by atoms with van der Waals surface area (Å²) in [5.74, 6) is 1.24. The third-order valence-corrected chi connectivity index (χ3v) is 9.71. The number of amides is 1. The molecule has 14 nitrogen and oxygen atoms in total. The van der Waals surface area contributed by atoms with E-state index in [1.54, 1.807) is 6.20 Å². The van der Waals surface area contributed by atoms with Gasteiger partial charge in [-0.2, -0.15) is 4.98 Å². The Bertz CT molecular complexity index is 1440. The zero-order chi connectivity index (χ0) is 35.5. The Morgan fingerprint density at radius 3 is 2.59 bits per heavy atom. The zero-order valence-corrected chi connectivity index (χ0v) is 30.0. The predicted octanol–water partition coefficient (Wildman–Crippen LogP) is 3.47. The first-order valence-corrected chi connectivity index (χ1v) is 18.9. The van der Waals surface area contributed by atoms with Crippen LogP contribution in [0.2, 0.25) is 0 Å². The molecule has 5 rings (SSSR count). The first-order chi connectivity index (χ1) is 25.0. The number of esters is 1. The maximum Gasteiger partial charge on any atom is 0.323 e. The highest BCUT2D eigenvalue weighted by molar-refractivity contribution is 5.79. The molecule has 2 aliphatic rings. The Labute approximate surface area is 302 Å². The summed E-state index contributed by atoms with van der Waals surface area (Å²) in [5.41, 5.74) is 7.75. The van der Waals surface area contributed by atoms with Crippen molar-refractivity contribution in [2.75, 3.05) is 49.9 Å². The number of carbonyl (C=O) groups is 2. The van der Waals surface area contributed by atoms with Crippen LogP contribution in [0.1, 0.15) is 81.9 Å². The summed E-state index contributed by atoms with van der Waals surface area (Å²) in [6.07, 6.45) is 15.0. The van der Waals surface area contributed by atoms with Gasteiger partial charge in [-0.05, 0) is 82.1 Å². The fourth-order valence-electron chi connectivity index (χ4n) is 6.58. The summed E-state index contributed by atoms with van der Waals surface area (Å²) in [5, 5.41) is 22.5. The molecule has 2 fully saturated rings. The van der Waals surface area contributed by atoms with Crippen LogP contribution in [0.5, 0.6) is 0 Å². The normalized spacial score (nSPS) is 16.1. The van der Waals surface area contributed by atoms with Crippen molar-refractivity contribution in [3.8, 4) is 0 Å². The highest BCUT2D eigenvalue weighted by Gasteiger charge is 2.24. The average Bonchev–Trinajstić information content (AvgIpc) is 3.64. The molecule has 278 valence electrons. The molecule has 3 aromatic rings. The lowest BCUT2D eigenvalue weighted by Crippen LogP contribution is -2.41. The van der Waals surface area contributed by atoms with E-state index in [4.69, 9.17) is 10.5 Å². The molecule has 51 heavy (non-hydrogen) atoms. The number of aromatic nitrogens is 5. The molecule has 1 saturated heterocycles. The Morgan fingerprint density at radius 1 is 0.961 bits per heavy atom. The molecule has 1 atom stereocenters. The number of ether oxygens (including phenoxy) is 1. The van der Waals surface area contributed by atoms with Gasteiger partial charge < -0.3 is 36.6 Å². The van der Waals surface area contributed by atoms with Crippen molar-refractivity contribution >= 4 is 23.6 Å². The Balaban J connectivity index is 0.899. The van der Waals surface area contributed by atoms with Gasteiger partial charge in [-0.15, -0.1) is 5.10 Å². The van der Waals surface area contributed by atoms with E-state index < -0.39 is 12.0 Å². The number of carbonyl (C=O) groups excluding carboxylic acids is 2. The first kappa shape index (κ1) is 38.1. The fourth-order valence-corrected chi connectivity index (χ4v) is 6.58. The van der Waals surface area contributed by atoms with Gasteiger partial charge in [0.1, 0.15) is 24.2 Å². The molecule has 1 amide bonds. The summed E-state index contributed by atoms with van der Waals surface area (Å²) in [7, 11) is 0. The molecule has 3 heterocycles. The van der Waals surface area contributed by atoms with Crippen molar-refractivity contribution in [3.63, 3.8) is 0 Å². The minimum atomic E-state index is -0.814. The van der Waals surface area contributed by atoms with Crippen molar-refractivity contribution in [1.82, 2.24) is 40.5 Å². The van der Waals surface area contributed by atoms with Crippen LogP contribution in [-0.2, 0) is 34.0 Å². The topological polar surface area (TPSA) is 177 Å². The highest BCUT2D eigenvalue weighted by Crippen LogP contribution is 2.20. The van der Waals surface area contributed by atoms with E-state index in [-0.39, 0.29) is 25.4 Å². The molecule has 1 aliphatic carbocycles. The van der Waals surface area contributed by atoms with Crippen LogP contribution in [0, 0.1) is 5.92 Å². The fraction of sp³-hybridized carbons (Fsp3) is 0.622. The number of piperidine rings is 1. The first-order valence-electron chi connectivity index (χ1n) is 18.9. The van der Waals surface area contributed by atoms with Crippen molar-refractivity contribution in [3.05, 3.63) is 60.0 Å². The minimum Gasteiger partial charge on any atom is -0.460 e. The molecule has 0 spiro atoms. The van der Waals surface area contributed by atoms with Crippen LogP contribution < -0.4 is 27.0 Å². The number of aryl methyl sites for hydroxylation is 1. The second-order valence-electron chi connectivity index (χ2n) is 13.8. The molecule has 1 saturated carbocycles. The smallest absolute Gasteiger partial charge is 0.323 e. The van der Waals surface area contributed by atoms with Crippen LogP contribution in [0.4, 0.5) is 11.8 Å². The summed E-state index contributed by atoms with van der Waals surface area (Å²) in [6, 6.07) is 11.2. The molecule has 0 radical (unpaired) electrons. The minimum absolute atomic E-state index is 0.0274. The van der Waals surface area contributed by atoms with Gasteiger partial charge in [-0.3, -0.25) is 14.3 Å². The van der Waals surface area contributed by atoms with Crippen LogP contribution in [0.3, 0.4) is 0 Å². The second kappa shape index (κ2) is 21.3. The number of anilines is 2. The van der Waals surface area contributed by atoms with Crippen molar-refractivity contribution in [1.29, 1.82) is 0 Å². The Hall–Kier alpha value is -4.14. The standard InChI is InChI=1S/C37H57N11O3/c38-33(36(50)51-28-30-9-3-1-4-10-30)13-14-35(49)47-23-16-29(17-24-47)25-42-34-15-21-41-37(44-34)43-26-32-27-48(46-45-32)22-8-19-39-18-7-20-40-31-11-5-2-6-12-31/h1,3-4,9-10,15,21,27,29,31,33,39-40H,2,5-8,11-14,16-20,22-26,28,38H2,(H2,41,42,43,44). The summed E-state index contributed by atoms with van der Waals surface area (Å²) in [4.78, 5) is 35.9. The molecular formula is C37H57N11O3. The summed E-state index contributed by atoms with van der Waals surface area (Å²) < 4.78 is 7.20. The zero-order valence-electron chi connectivity index (χ0n) is 30.0. The van der Waals surface area contributed by atoms with Gasteiger partial charge in [-0.25, -0.2) is 4.98 Å². The van der Waals surface area contributed by atoms with E-state index in [1.807, 2.05) is 52.2 Å². The molecule has 1 unspecified atom stereocenters. The molecule has 6 N–H and O–H groups in total. The Morgan fingerprint density at radius 2 is 1.76 bits per heavy atom. The van der Waals surface area contributed by atoms with Gasteiger partial charge in [0, 0.05) is 44.8 Å². The third kappa shape index (κ3) is 13.8. The SMILES string of the molecule is NC(CCC(=O)N1CCC(CNc2ccnc(NCc3cn(CCCNCCCNC4CCCCC4)nn3)n2)CC1)C(=O)OCc1ccccc1. The van der Waals surface area contributed by atoms with Crippen LogP contribution in [0.25, 0.3) is 0 Å². The molecule has 1 aromatic carbocycles. The van der Waals surface area contributed by atoms with E-state index in [1.165, 1.54) is 32.1 Å². The third-order valence-electron chi connectivity index (χ3n) is 9.71. The second-order valence-corrected chi connectivity index (χ2v) is 13.8. The molecule has 14 heteroatoms. The van der Waals surface area contributed by atoms with Crippen molar-refractivity contribution in [2.24, 2.45) is 11.7 Å². The molecule has 1 aliphatic heterocycles. The molecule has 2 aromatic heterocycles. The van der Waals surface area contributed by atoms with Gasteiger partial charge in [0.25, 0.3) is 0 Å². The summed E-state index contributed by atoms with van der Waals surface area (Å²) in [6.45, 7) is 6.72. The number of nitrogens with one attached hydrogen (secondary N) is 4. The van der Waals surface area contributed by atoms with E-state index in [2.05, 4.69) is 41.5 Å². The maximum absolute atomic E-state index is 12.8. The van der Waals surface area contributed by atoms with Gasteiger partial charge in [0.05, 0.1) is 12.7 Å². The molecule has 0 bridgehead atoms. The lowest BCUT2D eigenvalue weighted by molar-refractivity contribution is -0.146. The number of nitrogens with two attached hydrogens (primary N) is 1. The quantitative estimate of drug-likeness (QED) is 0.0808. The van der Waals surface area contributed by atoms with Gasteiger partial charge >= 0.3 is 5.97 Å². The lowest BCUT2D eigenvalue weighted by Gasteiger charge is -2.32. The van der Waals surface area contributed by atoms with Crippen LogP contribution in [-0.4, -0.2) is 93.1 Å². The average molecular weight is 704 g/mol. The van der Waals surface area contributed by atoms with Crippen LogP contribution >= 0.6 is 0 Å². The largest absolute Gasteiger partial charge is 0.460 e. The number of hydrogen-bond donors (Lipinski definition) is 5. The summed E-state index contributed by atoms with van der Waals surface area (Å²) >= 11 is 0. The Kier molecular flexibility index (Phi) is 15.9. The van der Waals surface area contributed by atoms with E-state index in [0.717, 1.165) is 81.5 Å². The lowest BCUT2D eigenvalue weighted by atomic mass is 9.95. The van der Waals surface area contributed by atoms with E-state index in [9.17, 15) is 9.59 Å². The predicted molar refractivity (Wildman–Crippen MR) is 198 cm³/mol. The van der Waals surface area contributed by atoms with E-state index >= 15 is 0 Å². The number of likely N-dealkylation sites (tertiary alicyclic amines) is 1. The number of rotatable bonds is 21. The number of hydrogen-bond acceptors (Lipinski definition) is 12. The number of nitrogens with zero attached hydrogens (tertiary/aromatic N) is 6. The van der Waals surface area contributed by atoms with Crippen molar-refractivity contribution < 1.29 is 14.3 Å². The maximum atomic E-state index is 12.8.